The fourth-order valence-electron chi connectivity index (χ4n) is 4.12. The number of aliphatic hydroxyl groups is 1. The Labute approximate surface area is 209 Å². The number of ether oxygens (including phenoxy) is 1. The fourth-order valence-corrected chi connectivity index (χ4v) is 5.14. The quantitative estimate of drug-likeness (QED) is 0.197. The van der Waals surface area contributed by atoms with E-state index < -0.39 is 35.1 Å². The zero-order chi connectivity index (χ0) is 25.4. The zero-order valence-corrected chi connectivity index (χ0v) is 19.9. The van der Waals surface area contributed by atoms with E-state index in [9.17, 15) is 19.1 Å². The minimum Gasteiger partial charge on any atom is -0.507 e. The smallest absolute Gasteiger partial charge is 0.301 e. The van der Waals surface area contributed by atoms with E-state index in [1.807, 2.05) is 6.92 Å². The molecule has 1 amide bonds. The summed E-state index contributed by atoms with van der Waals surface area (Å²) in [5.74, 6) is -3.07. The van der Waals surface area contributed by atoms with Crippen LogP contribution in [-0.2, 0) is 9.59 Å². The Balaban J connectivity index is 1.70. The highest BCUT2D eigenvalue weighted by atomic mass is 32.1. The highest BCUT2D eigenvalue weighted by Gasteiger charge is 2.49. The summed E-state index contributed by atoms with van der Waals surface area (Å²) in [6.45, 7) is 2.41. The SMILES string of the molecule is CCCOc1cccc(C(O)=C2C(=O)C(=O)N(c3nc4ccc(F)cc4s3)C2c2ccccc2F)c1. The Morgan fingerprint density at radius 3 is 2.67 bits per heavy atom. The van der Waals surface area contributed by atoms with Crippen molar-refractivity contribution in [1.82, 2.24) is 4.98 Å². The number of nitrogens with zero attached hydrogens (tertiary/aromatic N) is 2. The molecule has 1 aliphatic rings. The second kappa shape index (κ2) is 9.50. The number of fused-ring (bicyclic) bond motifs is 1. The summed E-state index contributed by atoms with van der Waals surface area (Å²) in [6.07, 6.45) is 0.778. The van der Waals surface area contributed by atoms with Crippen LogP contribution < -0.4 is 9.64 Å². The Morgan fingerprint density at radius 1 is 1.08 bits per heavy atom. The maximum Gasteiger partial charge on any atom is 0.301 e. The lowest BCUT2D eigenvalue weighted by Crippen LogP contribution is -2.29. The number of hydrogen-bond acceptors (Lipinski definition) is 6. The monoisotopic (exact) mass is 506 g/mol. The molecule has 2 heterocycles. The fraction of sp³-hybridized carbons (Fsp3) is 0.148. The average molecular weight is 507 g/mol. The van der Waals surface area contributed by atoms with Crippen LogP contribution in [0.3, 0.4) is 0 Å². The third kappa shape index (κ3) is 4.11. The van der Waals surface area contributed by atoms with Gasteiger partial charge in [0, 0.05) is 11.1 Å². The molecule has 1 aliphatic heterocycles. The number of hydrogen-bond donors (Lipinski definition) is 1. The van der Waals surface area contributed by atoms with Gasteiger partial charge in [-0.15, -0.1) is 0 Å². The summed E-state index contributed by atoms with van der Waals surface area (Å²) in [5.41, 5.74) is 0.408. The third-order valence-electron chi connectivity index (χ3n) is 5.77. The van der Waals surface area contributed by atoms with Gasteiger partial charge in [0.05, 0.1) is 22.4 Å². The number of aromatic nitrogens is 1. The van der Waals surface area contributed by atoms with Gasteiger partial charge in [-0.25, -0.2) is 13.8 Å². The van der Waals surface area contributed by atoms with Crippen molar-refractivity contribution in [3.05, 3.63) is 95.1 Å². The number of rotatable bonds is 6. The number of benzene rings is 3. The van der Waals surface area contributed by atoms with Gasteiger partial charge >= 0.3 is 5.91 Å². The van der Waals surface area contributed by atoms with Crippen molar-refractivity contribution < 1.29 is 28.2 Å². The van der Waals surface area contributed by atoms with Crippen LogP contribution in [0.15, 0.2) is 72.3 Å². The van der Waals surface area contributed by atoms with Crippen LogP contribution in [0.25, 0.3) is 16.0 Å². The van der Waals surface area contributed by atoms with Crippen molar-refractivity contribution in [1.29, 1.82) is 0 Å². The molecule has 0 radical (unpaired) electrons. The van der Waals surface area contributed by atoms with E-state index in [4.69, 9.17) is 4.74 Å². The molecule has 36 heavy (non-hydrogen) atoms. The molecular weight excluding hydrogens is 486 g/mol. The predicted molar refractivity (Wildman–Crippen MR) is 133 cm³/mol. The lowest BCUT2D eigenvalue weighted by atomic mass is 9.95. The van der Waals surface area contributed by atoms with Gasteiger partial charge in [0.2, 0.25) is 0 Å². The first-order chi connectivity index (χ1) is 17.4. The summed E-state index contributed by atoms with van der Waals surface area (Å²) in [7, 11) is 0. The van der Waals surface area contributed by atoms with Crippen LogP contribution in [-0.4, -0.2) is 28.4 Å². The molecule has 0 aliphatic carbocycles. The standard InChI is InChI=1S/C27H20F2N2O4S/c1-2-12-35-17-7-5-6-15(13-17)24(32)22-23(18-8-3-4-9-19(18)29)31(26(34)25(22)33)27-30-20-11-10-16(28)14-21(20)36-27/h3-11,13-14,23,32H,2,12H2,1H3. The predicted octanol–water partition coefficient (Wildman–Crippen LogP) is 5.99. The Hall–Kier alpha value is -4.11. The van der Waals surface area contributed by atoms with Crippen molar-refractivity contribution in [3.63, 3.8) is 0 Å². The molecular formula is C27H20F2N2O4S. The zero-order valence-electron chi connectivity index (χ0n) is 19.1. The third-order valence-corrected chi connectivity index (χ3v) is 6.79. The van der Waals surface area contributed by atoms with Gasteiger partial charge < -0.3 is 9.84 Å². The second-order valence-corrected chi connectivity index (χ2v) is 9.18. The van der Waals surface area contributed by atoms with E-state index in [0.29, 0.717) is 22.6 Å². The van der Waals surface area contributed by atoms with Crippen LogP contribution >= 0.6 is 11.3 Å². The normalized spacial score (nSPS) is 17.2. The average Bonchev–Trinajstić information content (AvgIpc) is 3.40. The summed E-state index contributed by atoms with van der Waals surface area (Å²) >= 11 is 0.995. The van der Waals surface area contributed by atoms with E-state index in [-0.39, 0.29) is 21.8 Å². The Morgan fingerprint density at radius 2 is 1.89 bits per heavy atom. The first-order valence-corrected chi connectivity index (χ1v) is 12.1. The summed E-state index contributed by atoms with van der Waals surface area (Å²) in [5, 5.41) is 11.3. The van der Waals surface area contributed by atoms with Gasteiger partial charge in [-0.05, 0) is 42.8 Å². The van der Waals surface area contributed by atoms with Crippen molar-refractivity contribution in [2.24, 2.45) is 0 Å². The van der Waals surface area contributed by atoms with Crippen LogP contribution in [0.2, 0.25) is 0 Å². The van der Waals surface area contributed by atoms with E-state index >= 15 is 4.39 Å². The molecule has 0 bridgehead atoms. The molecule has 3 aromatic carbocycles. The highest BCUT2D eigenvalue weighted by Crippen LogP contribution is 2.45. The van der Waals surface area contributed by atoms with Crippen molar-refractivity contribution in [2.75, 3.05) is 11.5 Å². The van der Waals surface area contributed by atoms with Crippen LogP contribution in [0, 0.1) is 11.6 Å². The molecule has 9 heteroatoms. The van der Waals surface area contributed by atoms with Crippen LogP contribution in [0.5, 0.6) is 5.75 Å². The number of aliphatic hydroxyl groups excluding tert-OH is 1. The molecule has 1 N–H and O–H groups in total. The number of ketones is 1. The van der Waals surface area contributed by atoms with Gasteiger partial charge in [-0.3, -0.25) is 14.5 Å². The molecule has 0 saturated carbocycles. The molecule has 1 fully saturated rings. The first-order valence-electron chi connectivity index (χ1n) is 11.2. The van der Waals surface area contributed by atoms with Gasteiger partial charge in [-0.1, -0.05) is 48.6 Å². The van der Waals surface area contributed by atoms with Crippen molar-refractivity contribution in [3.8, 4) is 5.75 Å². The van der Waals surface area contributed by atoms with Crippen molar-refractivity contribution in [2.45, 2.75) is 19.4 Å². The van der Waals surface area contributed by atoms with E-state index in [2.05, 4.69) is 4.98 Å². The minimum absolute atomic E-state index is 0.0158. The number of carbonyl (C=O) groups excluding carboxylic acids is 2. The molecule has 1 saturated heterocycles. The summed E-state index contributed by atoms with van der Waals surface area (Å²) < 4.78 is 34.9. The molecule has 4 aromatic rings. The number of halogens is 2. The lowest BCUT2D eigenvalue weighted by Gasteiger charge is -2.23. The molecule has 6 nitrogen and oxygen atoms in total. The number of carbonyl (C=O) groups is 2. The van der Waals surface area contributed by atoms with Crippen LogP contribution in [0.4, 0.5) is 13.9 Å². The number of amides is 1. The highest BCUT2D eigenvalue weighted by molar-refractivity contribution is 7.22. The topological polar surface area (TPSA) is 79.7 Å². The maximum absolute atomic E-state index is 15.0. The molecule has 1 aromatic heterocycles. The molecule has 1 atom stereocenters. The molecule has 0 spiro atoms. The van der Waals surface area contributed by atoms with E-state index in [0.717, 1.165) is 22.7 Å². The number of Topliss-reactive ketones (excluding diaryl/α,β-unsaturated/α-hetero) is 1. The maximum atomic E-state index is 15.0. The minimum atomic E-state index is -1.28. The van der Waals surface area contributed by atoms with Gasteiger partial charge in [0.15, 0.2) is 5.13 Å². The first kappa shape index (κ1) is 23.6. The van der Waals surface area contributed by atoms with Gasteiger partial charge in [0.1, 0.15) is 29.2 Å². The molecule has 182 valence electrons. The number of thiazole rings is 1. The lowest BCUT2D eigenvalue weighted by molar-refractivity contribution is -0.132. The molecule has 5 rings (SSSR count). The van der Waals surface area contributed by atoms with Crippen LogP contribution in [0.1, 0.15) is 30.5 Å². The van der Waals surface area contributed by atoms with Crippen molar-refractivity contribution >= 4 is 44.1 Å². The molecule has 1 unspecified atom stereocenters. The number of anilines is 1. The summed E-state index contributed by atoms with van der Waals surface area (Å²) in [6, 6.07) is 14.9. The van der Waals surface area contributed by atoms with E-state index in [1.165, 1.54) is 36.4 Å². The van der Waals surface area contributed by atoms with E-state index in [1.54, 1.807) is 30.3 Å². The largest absolute Gasteiger partial charge is 0.507 e. The Bertz CT molecular complexity index is 1530. The van der Waals surface area contributed by atoms with Gasteiger partial charge in [0.25, 0.3) is 5.78 Å². The Kier molecular flexibility index (Phi) is 6.24. The second-order valence-electron chi connectivity index (χ2n) is 8.18. The van der Waals surface area contributed by atoms with Gasteiger partial charge in [-0.2, -0.15) is 0 Å². The summed E-state index contributed by atoms with van der Waals surface area (Å²) in [4.78, 5) is 32.0.